The highest BCUT2D eigenvalue weighted by Gasteiger charge is 2.09. The van der Waals surface area contributed by atoms with Crippen molar-refractivity contribution in [2.45, 2.75) is 12.8 Å². The van der Waals surface area contributed by atoms with Gasteiger partial charge in [0.05, 0.1) is 26.0 Å². The van der Waals surface area contributed by atoms with E-state index in [0.717, 1.165) is 77.0 Å². The van der Waals surface area contributed by atoms with Crippen molar-refractivity contribution in [1.29, 1.82) is 0 Å². The molecule has 0 saturated carbocycles. The first-order chi connectivity index (χ1) is 13.4. The Morgan fingerprint density at radius 1 is 0.964 bits per heavy atom. The Morgan fingerprint density at radius 2 is 1.71 bits per heavy atom. The van der Waals surface area contributed by atoms with E-state index in [1.54, 1.807) is 6.26 Å². The standard InChI is InChI=1S/C21H30N4O2.HI/c1-2-5-19(6-3-1)8-10-22-21(23-11-9-20-7-4-16-27-20)24-12-13-25-14-17-26-18-15-25;/h1-7,16H,8-15,17-18H2,(H2,22,23,24);1H. The lowest BCUT2D eigenvalue weighted by atomic mass is 10.1. The van der Waals surface area contributed by atoms with Crippen LogP contribution in [0.4, 0.5) is 0 Å². The molecule has 0 spiro atoms. The van der Waals surface area contributed by atoms with Gasteiger partial charge in [0, 0.05) is 39.1 Å². The van der Waals surface area contributed by atoms with Crippen LogP contribution in [0.3, 0.4) is 0 Å². The summed E-state index contributed by atoms with van der Waals surface area (Å²) in [6.45, 7) is 7.04. The number of guanidine groups is 1. The van der Waals surface area contributed by atoms with Gasteiger partial charge in [-0.1, -0.05) is 30.3 Å². The Balaban J connectivity index is 0.00000280. The fraction of sp³-hybridized carbons (Fsp3) is 0.476. The SMILES string of the molecule is I.c1ccc(CCNC(=NCCN2CCOCC2)NCCc2ccco2)cc1. The van der Waals surface area contributed by atoms with Crippen LogP contribution in [0.15, 0.2) is 58.1 Å². The van der Waals surface area contributed by atoms with E-state index in [2.05, 4.69) is 39.8 Å². The maximum atomic E-state index is 5.40. The van der Waals surface area contributed by atoms with Gasteiger partial charge in [-0.05, 0) is 24.1 Å². The van der Waals surface area contributed by atoms with Crippen LogP contribution >= 0.6 is 24.0 Å². The molecule has 6 nitrogen and oxygen atoms in total. The summed E-state index contributed by atoms with van der Waals surface area (Å²) in [5.74, 6) is 1.85. The van der Waals surface area contributed by atoms with E-state index in [-0.39, 0.29) is 24.0 Å². The van der Waals surface area contributed by atoms with E-state index < -0.39 is 0 Å². The molecule has 2 heterocycles. The van der Waals surface area contributed by atoms with Crippen molar-refractivity contribution in [3.8, 4) is 0 Å². The molecule has 7 heteroatoms. The lowest BCUT2D eigenvalue weighted by Crippen LogP contribution is -2.41. The van der Waals surface area contributed by atoms with Crippen LogP contribution in [0, 0.1) is 0 Å². The summed E-state index contributed by atoms with van der Waals surface area (Å²) in [6, 6.07) is 14.4. The first-order valence-corrected chi connectivity index (χ1v) is 9.79. The van der Waals surface area contributed by atoms with Gasteiger partial charge in [0.15, 0.2) is 5.96 Å². The van der Waals surface area contributed by atoms with Crippen LogP contribution in [0.5, 0.6) is 0 Å². The van der Waals surface area contributed by atoms with Crippen molar-refractivity contribution in [3.63, 3.8) is 0 Å². The predicted octanol–water partition coefficient (Wildman–Crippen LogP) is 2.55. The van der Waals surface area contributed by atoms with Gasteiger partial charge in [0.1, 0.15) is 5.76 Å². The molecule has 2 N–H and O–H groups in total. The highest BCUT2D eigenvalue weighted by atomic mass is 127. The van der Waals surface area contributed by atoms with E-state index >= 15 is 0 Å². The number of furan rings is 1. The lowest BCUT2D eigenvalue weighted by molar-refractivity contribution is 0.0394. The number of nitrogens with one attached hydrogen (secondary N) is 2. The Bertz CT molecular complexity index is 658. The molecule has 0 aliphatic carbocycles. The number of hydrogen-bond acceptors (Lipinski definition) is 4. The maximum absolute atomic E-state index is 5.40. The molecule has 28 heavy (non-hydrogen) atoms. The molecule has 0 bridgehead atoms. The van der Waals surface area contributed by atoms with E-state index in [9.17, 15) is 0 Å². The molecule has 0 atom stereocenters. The minimum Gasteiger partial charge on any atom is -0.469 e. The molecular weight excluding hydrogens is 467 g/mol. The van der Waals surface area contributed by atoms with Crippen LogP contribution < -0.4 is 10.6 Å². The summed E-state index contributed by atoms with van der Waals surface area (Å²) in [4.78, 5) is 7.15. The predicted molar refractivity (Wildman–Crippen MR) is 124 cm³/mol. The van der Waals surface area contributed by atoms with Gasteiger partial charge >= 0.3 is 0 Å². The monoisotopic (exact) mass is 498 g/mol. The van der Waals surface area contributed by atoms with E-state index in [1.165, 1.54) is 5.56 Å². The third-order valence-electron chi connectivity index (χ3n) is 4.58. The van der Waals surface area contributed by atoms with Crippen molar-refractivity contribution in [2.75, 3.05) is 52.5 Å². The van der Waals surface area contributed by atoms with E-state index in [4.69, 9.17) is 14.1 Å². The zero-order chi connectivity index (χ0) is 18.6. The molecule has 1 aliphatic heterocycles. The number of benzene rings is 1. The Morgan fingerprint density at radius 3 is 2.43 bits per heavy atom. The minimum atomic E-state index is 0. The summed E-state index contributed by atoms with van der Waals surface area (Å²) in [6.07, 6.45) is 3.53. The van der Waals surface area contributed by atoms with Crippen LogP contribution in [0.2, 0.25) is 0 Å². The number of hydrogen-bond donors (Lipinski definition) is 2. The van der Waals surface area contributed by atoms with Crippen LogP contribution in [-0.4, -0.2) is 63.3 Å². The highest BCUT2D eigenvalue weighted by Crippen LogP contribution is 2.00. The highest BCUT2D eigenvalue weighted by molar-refractivity contribution is 14.0. The summed E-state index contributed by atoms with van der Waals surface area (Å²) in [5, 5.41) is 6.87. The summed E-state index contributed by atoms with van der Waals surface area (Å²) < 4.78 is 10.8. The first kappa shape index (κ1) is 22.7. The number of nitrogens with zero attached hydrogens (tertiary/aromatic N) is 2. The average Bonchev–Trinajstić information content (AvgIpc) is 3.23. The normalized spacial score (nSPS) is 15.1. The number of morpholine rings is 1. The molecule has 1 aromatic carbocycles. The third-order valence-corrected chi connectivity index (χ3v) is 4.58. The summed E-state index contributed by atoms with van der Waals surface area (Å²) in [7, 11) is 0. The average molecular weight is 498 g/mol. The van der Waals surface area contributed by atoms with Gasteiger partial charge in [-0.25, -0.2) is 0 Å². The first-order valence-electron chi connectivity index (χ1n) is 9.79. The summed E-state index contributed by atoms with van der Waals surface area (Å²) >= 11 is 0. The third kappa shape index (κ3) is 8.62. The fourth-order valence-corrected chi connectivity index (χ4v) is 3.03. The number of ether oxygens (including phenoxy) is 1. The van der Waals surface area contributed by atoms with Gasteiger partial charge in [-0.2, -0.15) is 0 Å². The number of aliphatic imine (C=N–C) groups is 1. The second-order valence-corrected chi connectivity index (χ2v) is 6.60. The second-order valence-electron chi connectivity index (χ2n) is 6.60. The van der Waals surface area contributed by atoms with Gasteiger partial charge in [0.25, 0.3) is 0 Å². The van der Waals surface area contributed by atoms with Gasteiger partial charge < -0.3 is 19.8 Å². The van der Waals surface area contributed by atoms with Crippen molar-refractivity contribution < 1.29 is 9.15 Å². The maximum Gasteiger partial charge on any atom is 0.191 e. The Hall–Kier alpha value is -1.58. The van der Waals surface area contributed by atoms with E-state index in [0.29, 0.717) is 0 Å². The van der Waals surface area contributed by atoms with Gasteiger partial charge in [-0.15, -0.1) is 24.0 Å². The topological polar surface area (TPSA) is 62.0 Å². The molecule has 1 fully saturated rings. The Kier molecular flexibility index (Phi) is 11.0. The molecule has 1 saturated heterocycles. The molecule has 0 unspecified atom stereocenters. The van der Waals surface area contributed by atoms with Crippen molar-refractivity contribution in [2.24, 2.45) is 4.99 Å². The molecule has 154 valence electrons. The Labute approximate surface area is 184 Å². The second kappa shape index (κ2) is 13.6. The molecule has 1 aromatic heterocycles. The van der Waals surface area contributed by atoms with Crippen LogP contribution in [-0.2, 0) is 17.6 Å². The zero-order valence-electron chi connectivity index (χ0n) is 16.3. The zero-order valence-corrected chi connectivity index (χ0v) is 18.6. The van der Waals surface area contributed by atoms with E-state index in [1.807, 2.05) is 18.2 Å². The number of halogens is 1. The molecule has 0 amide bonds. The van der Waals surface area contributed by atoms with Gasteiger partial charge in [-0.3, -0.25) is 9.89 Å². The van der Waals surface area contributed by atoms with Crippen molar-refractivity contribution >= 4 is 29.9 Å². The molecule has 0 radical (unpaired) electrons. The minimum absolute atomic E-state index is 0. The molecular formula is C21H31IN4O2. The smallest absolute Gasteiger partial charge is 0.191 e. The quantitative estimate of drug-likeness (QED) is 0.316. The van der Waals surface area contributed by atoms with Crippen LogP contribution in [0.25, 0.3) is 0 Å². The largest absolute Gasteiger partial charge is 0.469 e. The van der Waals surface area contributed by atoms with Gasteiger partial charge in [0.2, 0.25) is 0 Å². The van der Waals surface area contributed by atoms with Crippen molar-refractivity contribution in [3.05, 3.63) is 60.1 Å². The fourth-order valence-electron chi connectivity index (χ4n) is 3.03. The van der Waals surface area contributed by atoms with Crippen molar-refractivity contribution in [1.82, 2.24) is 15.5 Å². The summed E-state index contributed by atoms with van der Waals surface area (Å²) in [5.41, 5.74) is 1.33. The van der Waals surface area contributed by atoms with Crippen LogP contribution in [0.1, 0.15) is 11.3 Å². The lowest BCUT2D eigenvalue weighted by Gasteiger charge is -2.25. The molecule has 3 rings (SSSR count). The molecule has 1 aliphatic rings. The molecule has 2 aromatic rings. The number of rotatable bonds is 9.